The number of nitrogens with one attached hydrogen (secondary N) is 1. The topological polar surface area (TPSA) is 61.8 Å². The second-order valence-corrected chi connectivity index (χ2v) is 7.46. The fourth-order valence-corrected chi connectivity index (χ4v) is 4.15. The smallest absolute Gasteiger partial charge is 0.261 e. The zero-order chi connectivity index (χ0) is 17.8. The SMILES string of the molecule is COc1cc(-c2ccc(C(=O)NCCC3CCCN3C)s2)ccc1O. The number of phenolic OH excluding ortho intramolecular Hbond substituents is 1. The van der Waals surface area contributed by atoms with Gasteiger partial charge in [0.1, 0.15) is 0 Å². The molecule has 0 radical (unpaired) electrons. The highest BCUT2D eigenvalue weighted by molar-refractivity contribution is 7.17. The quantitative estimate of drug-likeness (QED) is 0.829. The molecule has 2 N–H and O–H groups in total. The van der Waals surface area contributed by atoms with Crippen LogP contribution < -0.4 is 10.1 Å². The number of aromatic hydroxyl groups is 1. The Kier molecular flexibility index (Phi) is 5.60. The number of benzene rings is 1. The average Bonchev–Trinajstić information content (AvgIpc) is 3.25. The molecule has 1 atom stereocenters. The van der Waals surface area contributed by atoms with E-state index in [2.05, 4.69) is 17.3 Å². The third-order valence-electron chi connectivity index (χ3n) is 4.73. The molecular formula is C19H24N2O3S. The first kappa shape index (κ1) is 17.8. The summed E-state index contributed by atoms with van der Waals surface area (Å²) in [4.78, 5) is 16.4. The molecule has 1 amide bonds. The summed E-state index contributed by atoms with van der Waals surface area (Å²) in [5.41, 5.74) is 0.922. The van der Waals surface area contributed by atoms with Crippen LogP contribution in [0.25, 0.3) is 10.4 Å². The molecule has 3 rings (SSSR count). The van der Waals surface area contributed by atoms with Gasteiger partial charge >= 0.3 is 0 Å². The summed E-state index contributed by atoms with van der Waals surface area (Å²) in [5.74, 6) is 0.512. The molecule has 25 heavy (non-hydrogen) atoms. The monoisotopic (exact) mass is 360 g/mol. The van der Waals surface area contributed by atoms with Crippen molar-refractivity contribution >= 4 is 17.2 Å². The van der Waals surface area contributed by atoms with Crippen LogP contribution in [0.3, 0.4) is 0 Å². The van der Waals surface area contributed by atoms with E-state index in [1.54, 1.807) is 12.1 Å². The summed E-state index contributed by atoms with van der Waals surface area (Å²) >= 11 is 1.44. The summed E-state index contributed by atoms with van der Waals surface area (Å²) < 4.78 is 5.14. The van der Waals surface area contributed by atoms with Gasteiger partial charge in [-0.2, -0.15) is 0 Å². The minimum Gasteiger partial charge on any atom is -0.504 e. The van der Waals surface area contributed by atoms with E-state index in [1.807, 2.05) is 18.2 Å². The number of ether oxygens (including phenoxy) is 1. The van der Waals surface area contributed by atoms with Gasteiger partial charge in [-0.15, -0.1) is 11.3 Å². The zero-order valence-electron chi connectivity index (χ0n) is 14.6. The summed E-state index contributed by atoms with van der Waals surface area (Å²) in [6, 6.07) is 9.56. The highest BCUT2D eigenvalue weighted by Crippen LogP contribution is 2.34. The number of hydrogen-bond acceptors (Lipinski definition) is 5. The van der Waals surface area contributed by atoms with E-state index in [0.717, 1.165) is 23.4 Å². The van der Waals surface area contributed by atoms with Crippen LogP contribution in [0.4, 0.5) is 0 Å². The number of methoxy groups -OCH3 is 1. The molecule has 0 bridgehead atoms. The second kappa shape index (κ2) is 7.89. The molecule has 1 fully saturated rings. The number of amides is 1. The first-order chi connectivity index (χ1) is 12.1. The van der Waals surface area contributed by atoms with Gasteiger partial charge in [-0.1, -0.05) is 0 Å². The van der Waals surface area contributed by atoms with Gasteiger partial charge in [0.15, 0.2) is 11.5 Å². The molecule has 0 spiro atoms. The largest absolute Gasteiger partial charge is 0.504 e. The molecule has 1 saturated heterocycles. The molecule has 2 aromatic rings. The van der Waals surface area contributed by atoms with Crippen molar-refractivity contribution in [2.45, 2.75) is 25.3 Å². The first-order valence-electron chi connectivity index (χ1n) is 8.54. The number of carbonyl (C=O) groups is 1. The van der Waals surface area contributed by atoms with Crippen LogP contribution in [0.5, 0.6) is 11.5 Å². The molecule has 134 valence electrons. The fourth-order valence-electron chi connectivity index (χ4n) is 3.23. The molecule has 1 aliphatic rings. The predicted molar refractivity (Wildman–Crippen MR) is 101 cm³/mol. The van der Waals surface area contributed by atoms with Gasteiger partial charge in [0, 0.05) is 17.5 Å². The van der Waals surface area contributed by atoms with E-state index in [-0.39, 0.29) is 11.7 Å². The van der Waals surface area contributed by atoms with Crippen LogP contribution in [0, 0.1) is 0 Å². The van der Waals surface area contributed by atoms with E-state index in [0.29, 0.717) is 23.2 Å². The summed E-state index contributed by atoms with van der Waals surface area (Å²) in [6.07, 6.45) is 3.47. The number of likely N-dealkylation sites (tertiary alicyclic amines) is 1. The molecule has 0 aliphatic carbocycles. The van der Waals surface area contributed by atoms with Gasteiger partial charge < -0.3 is 20.1 Å². The number of nitrogens with zero attached hydrogens (tertiary/aromatic N) is 1. The van der Waals surface area contributed by atoms with Gasteiger partial charge in [-0.25, -0.2) is 0 Å². The van der Waals surface area contributed by atoms with E-state index in [9.17, 15) is 9.90 Å². The summed E-state index contributed by atoms with van der Waals surface area (Å²) in [7, 11) is 3.67. The standard InChI is InChI=1S/C19H24N2O3S/c1-21-11-3-4-14(21)9-10-20-19(23)18-8-7-17(25-18)13-5-6-15(22)16(12-13)24-2/h5-8,12,14,22H,3-4,9-11H2,1-2H3,(H,20,23). The lowest BCUT2D eigenvalue weighted by Crippen LogP contribution is -2.31. The molecule has 6 heteroatoms. The third kappa shape index (κ3) is 4.14. The van der Waals surface area contributed by atoms with Crippen molar-refractivity contribution in [2.75, 3.05) is 27.2 Å². The van der Waals surface area contributed by atoms with Gasteiger partial charge in [-0.05, 0) is 68.8 Å². The van der Waals surface area contributed by atoms with Crippen LogP contribution >= 0.6 is 11.3 Å². The zero-order valence-corrected chi connectivity index (χ0v) is 15.4. The average molecular weight is 360 g/mol. The van der Waals surface area contributed by atoms with Crippen molar-refractivity contribution in [3.05, 3.63) is 35.2 Å². The van der Waals surface area contributed by atoms with E-state index >= 15 is 0 Å². The lowest BCUT2D eigenvalue weighted by molar-refractivity contribution is 0.0954. The Balaban J connectivity index is 1.59. The Morgan fingerprint density at radius 1 is 1.40 bits per heavy atom. The van der Waals surface area contributed by atoms with Gasteiger partial charge in [0.2, 0.25) is 0 Å². The number of phenols is 1. The van der Waals surface area contributed by atoms with Crippen molar-refractivity contribution in [3.8, 4) is 21.9 Å². The fraction of sp³-hybridized carbons (Fsp3) is 0.421. The number of thiophene rings is 1. The lowest BCUT2D eigenvalue weighted by atomic mass is 10.1. The normalized spacial score (nSPS) is 17.6. The Morgan fingerprint density at radius 2 is 2.24 bits per heavy atom. The van der Waals surface area contributed by atoms with Crippen LogP contribution in [0.2, 0.25) is 0 Å². The molecule has 1 unspecified atom stereocenters. The van der Waals surface area contributed by atoms with Crippen molar-refractivity contribution in [2.24, 2.45) is 0 Å². The molecule has 1 aromatic heterocycles. The minimum atomic E-state index is -0.0253. The van der Waals surface area contributed by atoms with Crippen LogP contribution in [0.15, 0.2) is 30.3 Å². The number of carbonyl (C=O) groups excluding carboxylic acids is 1. The van der Waals surface area contributed by atoms with Crippen LogP contribution in [-0.2, 0) is 0 Å². The molecule has 2 heterocycles. The van der Waals surface area contributed by atoms with Crippen molar-refractivity contribution in [1.82, 2.24) is 10.2 Å². The van der Waals surface area contributed by atoms with Gasteiger partial charge in [-0.3, -0.25) is 4.79 Å². The highest BCUT2D eigenvalue weighted by atomic mass is 32.1. The maximum absolute atomic E-state index is 12.3. The first-order valence-corrected chi connectivity index (χ1v) is 9.36. The second-order valence-electron chi connectivity index (χ2n) is 6.37. The third-order valence-corrected chi connectivity index (χ3v) is 5.86. The number of hydrogen-bond donors (Lipinski definition) is 2. The maximum atomic E-state index is 12.3. The Labute approximate surface area is 152 Å². The molecule has 0 saturated carbocycles. The Morgan fingerprint density at radius 3 is 2.96 bits per heavy atom. The Bertz CT molecular complexity index is 744. The lowest BCUT2D eigenvalue weighted by Gasteiger charge is -2.19. The maximum Gasteiger partial charge on any atom is 0.261 e. The molecule has 1 aromatic carbocycles. The predicted octanol–water partition coefficient (Wildman–Crippen LogP) is 3.34. The van der Waals surface area contributed by atoms with Crippen molar-refractivity contribution in [1.29, 1.82) is 0 Å². The molecule has 5 nitrogen and oxygen atoms in total. The van der Waals surface area contributed by atoms with Crippen LogP contribution in [-0.4, -0.2) is 49.2 Å². The van der Waals surface area contributed by atoms with E-state index in [1.165, 1.54) is 31.3 Å². The molecular weight excluding hydrogens is 336 g/mol. The van der Waals surface area contributed by atoms with E-state index < -0.39 is 0 Å². The van der Waals surface area contributed by atoms with Crippen LogP contribution in [0.1, 0.15) is 28.9 Å². The van der Waals surface area contributed by atoms with Crippen molar-refractivity contribution in [3.63, 3.8) is 0 Å². The highest BCUT2D eigenvalue weighted by Gasteiger charge is 2.20. The number of rotatable bonds is 6. The Hall–Kier alpha value is -2.05. The van der Waals surface area contributed by atoms with Crippen molar-refractivity contribution < 1.29 is 14.6 Å². The van der Waals surface area contributed by atoms with Gasteiger partial charge in [0.25, 0.3) is 5.91 Å². The summed E-state index contributed by atoms with van der Waals surface area (Å²) in [6.45, 7) is 1.86. The van der Waals surface area contributed by atoms with Gasteiger partial charge in [0.05, 0.1) is 12.0 Å². The minimum absolute atomic E-state index is 0.0253. The molecule has 1 aliphatic heterocycles. The summed E-state index contributed by atoms with van der Waals surface area (Å²) in [5, 5.41) is 12.7. The van der Waals surface area contributed by atoms with E-state index in [4.69, 9.17) is 4.74 Å².